The summed E-state index contributed by atoms with van der Waals surface area (Å²) in [5.74, 6) is 1.48. The molecule has 22 heavy (non-hydrogen) atoms. The van der Waals surface area contributed by atoms with E-state index in [1.54, 1.807) is 23.4 Å². The lowest BCUT2D eigenvalue weighted by molar-refractivity contribution is 0.149. The largest absolute Gasteiger partial charge is 0.415 e. The van der Waals surface area contributed by atoms with Crippen LogP contribution >= 0.6 is 0 Å². The van der Waals surface area contributed by atoms with Crippen molar-refractivity contribution in [1.29, 1.82) is 0 Å². The van der Waals surface area contributed by atoms with Crippen molar-refractivity contribution in [3.05, 3.63) is 48.4 Å². The normalized spacial score (nSPS) is 14.8. The van der Waals surface area contributed by atoms with Crippen molar-refractivity contribution >= 4 is 11.9 Å². The van der Waals surface area contributed by atoms with Crippen molar-refractivity contribution in [2.75, 3.05) is 31.1 Å². The first kappa shape index (κ1) is 14.3. The first-order valence-corrected chi connectivity index (χ1v) is 7.28. The van der Waals surface area contributed by atoms with Gasteiger partial charge in [-0.05, 0) is 19.1 Å². The molecular weight excluding hydrogens is 280 g/mol. The Labute approximate surface area is 129 Å². The third-order valence-corrected chi connectivity index (χ3v) is 3.60. The zero-order valence-electron chi connectivity index (χ0n) is 12.5. The minimum absolute atomic E-state index is 0.301. The van der Waals surface area contributed by atoms with Crippen molar-refractivity contribution in [3.63, 3.8) is 0 Å². The van der Waals surface area contributed by atoms with E-state index in [0.29, 0.717) is 18.8 Å². The minimum atomic E-state index is -0.301. The molecule has 3 rings (SSSR count). The number of aryl methyl sites for hydroxylation is 1. The molecule has 0 atom stereocenters. The second-order valence-corrected chi connectivity index (χ2v) is 5.17. The number of aromatic nitrogens is 2. The van der Waals surface area contributed by atoms with Gasteiger partial charge in [0.2, 0.25) is 0 Å². The average Bonchev–Trinajstić information content (AvgIpc) is 2.56. The summed E-state index contributed by atoms with van der Waals surface area (Å²) in [5, 5.41) is 0. The zero-order chi connectivity index (χ0) is 15.4. The van der Waals surface area contributed by atoms with Gasteiger partial charge < -0.3 is 14.5 Å². The topological polar surface area (TPSA) is 58.6 Å². The molecule has 1 aromatic carbocycles. The third kappa shape index (κ3) is 3.33. The molecule has 2 heterocycles. The average molecular weight is 298 g/mol. The van der Waals surface area contributed by atoms with E-state index >= 15 is 0 Å². The number of para-hydroxylation sites is 1. The van der Waals surface area contributed by atoms with Crippen LogP contribution in [-0.4, -0.2) is 47.1 Å². The SMILES string of the molecule is Cc1cc(N2CCN(C(=O)Oc3ccccc3)CC2)ncn1. The summed E-state index contributed by atoms with van der Waals surface area (Å²) in [5.41, 5.74) is 0.941. The van der Waals surface area contributed by atoms with Crippen LogP contribution < -0.4 is 9.64 Å². The molecular formula is C16H18N4O2. The quantitative estimate of drug-likeness (QED) is 0.850. The Hall–Kier alpha value is -2.63. The summed E-state index contributed by atoms with van der Waals surface area (Å²) in [6.07, 6.45) is 1.27. The minimum Gasteiger partial charge on any atom is -0.410 e. The maximum Gasteiger partial charge on any atom is 0.415 e. The maximum atomic E-state index is 12.1. The molecule has 0 unspecified atom stereocenters. The molecule has 1 fully saturated rings. The van der Waals surface area contributed by atoms with Crippen LogP contribution in [0.25, 0.3) is 0 Å². The van der Waals surface area contributed by atoms with Crippen molar-refractivity contribution in [2.24, 2.45) is 0 Å². The van der Waals surface area contributed by atoms with E-state index in [-0.39, 0.29) is 6.09 Å². The highest BCUT2D eigenvalue weighted by molar-refractivity contribution is 5.71. The number of anilines is 1. The Morgan fingerprint density at radius 2 is 1.82 bits per heavy atom. The lowest BCUT2D eigenvalue weighted by Crippen LogP contribution is -2.49. The van der Waals surface area contributed by atoms with Gasteiger partial charge in [-0.25, -0.2) is 14.8 Å². The number of rotatable bonds is 2. The molecule has 0 bridgehead atoms. The summed E-state index contributed by atoms with van der Waals surface area (Å²) < 4.78 is 5.36. The number of hydrogen-bond donors (Lipinski definition) is 0. The van der Waals surface area contributed by atoms with Gasteiger partial charge in [0, 0.05) is 37.9 Å². The van der Waals surface area contributed by atoms with Crippen LogP contribution in [0, 0.1) is 6.92 Å². The molecule has 1 aromatic heterocycles. The van der Waals surface area contributed by atoms with Crippen molar-refractivity contribution in [1.82, 2.24) is 14.9 Å². The zero-order valence-corrected chi connectivity index (χ0v) is 12.5. The Balaban J connectivity index is 1.56. The molecule has 1 aliphatic rings. The fourth-order valence-corrected chi connectivity index (χ4v) is 2.39. The number of benzene rings is 1. The highest BCUT2D eigenvalue weighted by atomic mass is 16.6. The third-order valence-electron chi connectivity index (χ3n) is 3.60. The van der Waals surface area contributed by atoms with E-state index in [0.717, 1.165) is 24.6 Å². The van der Waals surface area contributed by atoms with Crippen molar-refractivity contribution in [3.8, 4) is 5.75 Å². The van der Waals surface area contributed by atoms with Gasteiger partial charge in [0.1, 0.15) is 17.9 Å². The van der Waals surface area contributed by atoms with Crippen LogP contribution in [-0.2, 0) is 0 Å². The number of ether oxygens (including phenoxy) is 1. The molecule has 2 aromatic rings. The lowest BCUT2D eigenvalue weighted by Gasteiger charge is -2.34. The highest BCUT2D eigenvalue weighted by Gasteiger charge is 2.23. The Bertz CT molecular complexity index is 640. The van der Waals surface area contributed by atoms with Crippen molar-refractivity contribution < 1.29 is 9.53 Å². The molecule has 1 amide bonds. The molecule has 0 saturated carbocycles. The summed E-state index contributed by atoms with van der Waals surface area (Å²) in [6, 6.07) is 11.1. The van der Waals surface area contributed by atoms with Gasteiger partial charge in [0.05, 0.1) is 0 Å². The van der Waals surface area contributed by atoms with E-state index in [2.05, 4.69) is 14.9 Å². The summed E-state index contributed by atoms with van der Waals surface area (Å²) >= 11 is 0. The number of carbonyl (C=O) groups excluding carboxylic acids is 1. The number of piperazine rings is 1. The molecule has 6 heteroatoms. The molecule has 1 saturated heterocycles. The summed E-state index contributed by atoms with van der Waals surface area (Å²) in [7, 11) is 0. The summed E-state index contributed by atoms with van der Waals surface area (Å²) in [4.78, 5) is 24.4. The molecule has 1 aliphatic heterocycles. The van der Waals surface area contributed by atoms with Gasteiger partial charge in [-0.3, -0.25) is 0 Å². The second-order valence-electron chi connectivity index (χ2n) is 5.17. The van der Waals surface area contributed by atoms with Crippen LogP contribution in [0.4, 0.5) is 10.6 Å². The van der Waals surface area contributed by atoms with E-state index < -0.39 is 0 Å². The number of carbonyl (C=O) groups is 1. The molecule has 6 nitrogen and oxygen atoms in total. The van der Waals surface area contributed by atoms with Gasteiger partial charge in [-0.2, -0.15) is 0 Å². The number of hydrogen-bond acceptors (Lipinski definition) is 5. The van der Waals surface area contributed by atoms with Gasteiger partial charge in [-0.15, -0.1) is 0 Å². The molecule has 0 radical (unpaired) electrons. The maximum absolute atomic E-state index is 12.1. The van der Waals surface area contributed by atoms with Crippen LogP contribution in [0.2, 0.25) is 0 Å². The van der Waals surface area contributed by atoms with Crippen LogP contribution in [0.15, 0.2) is 42.7 Å². The molecule has 114 valence electrons. The Kier molecular flexibility index (Phi) is 4.18. The first-order valence-electron chi connectivity index (χ1n) is 7.28. The fourth-order valence-electron chi connectivity index (χ4n) is 2.39. The van der Waals surface area contributed by atoms with Gasteiger partial charge in [0.15, 0.2) is 0 Å². The summed E-state index contributed by atoms with van der Waals surface area (Å²) in [6.45, 7) is 4.66. The van der Waals surface area contributed by atoms with E-state index in [9.17, 15) is 4.79 Å². The van der Waals surface area contributed by atoms with Crippen LogP contribution in [0.1, 0.15) is 5.69 Å². The number of nitrogens with zero attached hydrogens (tertiary/aromatic N) is 4. The van der Waals surface area contributed by atoms with Gasteiger partial charge in [-0.1, -0.05) is 18.2 Å². The lowest BCUT2D eigenvalue weighted by atomic mass is 10.3. The van der Waals surface area contributed by atoms with E-state index in [1.165, 1.54) is 0 Å². The molecule has 0 N–H and O–H groups in total. The predicted octanol–water partition coefficient (Wildman–Crippen LogP) is 2.11. The van der Waals surface area contributed by atoms with Crippen LogP contribution in [0.3, 0.4) is 0 Å². The Morgan fingerprint density at radius 1 is 1.09 bits per heavy atom. The molecule has 0 spiro atoms. The van der Waals surface area contributed by atoms with E-state index in [4.69, 9.17) is 4.74 Å². The Morgan fingerprint density at radius 3 is 2.50 bits per heavy atom. The number of amides is 1. The second kappa shape index (κ2) is 6.43. The first-order chi connectivity index (χ1) is 10.7. The van der Waals surface area contributed by atoms with Crippen molar-refractivity contribution in [2.45, 2.75) is 6.92 Å². The highest BCUT2D eigenvalue weighted by Crippen LogP contribution is 2.15. The smallest absolute Gasteiger partial charge is 0.410 e. The monoisotopic (exact) mass is 298 g/mol. The van der Waals surface area contributed by atoms with Crippen LogP contribution in [0.5, 0.6) is 5.75 Å². The van der Waals surface area contributed by atoms with Gasteiger partial charge >= 0.3 is 6.09 Å². The standard InChI is InChI=1S/C16H18N4O2/c1-13-11-15(18-12-17-13)19-7-9-20(10-8-19)16(21)22-14-5-3-2-4-6-14/h2-6,11-12H,7-10H2,1H3. The molecule has 0 aliphatic carbocycles. The van der Waals surface area contributed by atoms with Gasteiger partial charge in [0.25, 0.3) is 0 Å². The fraction of sp³-hybridized carbons (Fsp3) is 0.312. The predicted molar refractivity (Wildman–Crippen MR) is 83.0 cm³/mol. The van der Waals surface area contributed by atoms with E-state index in [1.807, 2.05) is 31.2 Å².